The van der Waals surface area contributed by atoms with Crippen LogP contribution in [0.5, 0.6) is 0 Å². The highest BCUT2D eigenvalue weighted by atomic mass is 16.4. The zero-order chi connectivity index (χ0) is 13.8. The molecule has 0 spiro atoms. The molecule has 2 rings (SSSR count). The summed E-state index contributed by atoms with van der Waals surface area (Å²) in [6.45, 7) is 1.20. The maximum Gasteiger partial charge on any atom is 0.320 e. The van der Waals surface area contributed by atoms with E-state index >= 15 is 0 Å². The molecule has 1 saturated heterocycles. The summed E-state index contributed by atoms with van der Waals surface area (Å²) in [5.74, 6) is -0.700. The lowest BCUT2D eigenvalue weighted by Crippen LogP contribution is -2.47. The number of carboxylic acids is 1. The molecule has 1 aliphatic heterocycles. The van der Waals surface area contributed by atoms with Gasteiger partial charge in [-0.15, -0.1) is 0 Å². The van der Waals surface area contributed by atoms with Gasteiger partial charge in [0.05, 0.1) is 12.5 Å². The SMILES string of the molecule is CN(Cc1ncn[nH]1)C(=O)N1CCCC(C(=O)O)C1. The number of piperidine rings is 1. The second kappa shape index (κ2) is 5.68. The second-order valence-corrected chi connectivity index (χ2v) is 4.69. The summed E-state index contributed by atoms with van der Waals surface area (Å²) in [6, 6.07) is -0.178. The Morgan fingerprint density at radius 1 is 1.63 bits per heavy atom. The fourth-order valence-electron chi connectivity index (χ4n) is 2.19. The molecule has 0 aliphatic carbocycles. The molecule has 2 heterocycles. The van der Waals surface area contributed by atoms with Gasteiger partial charge in [-0.1, -0.05) is 0 Å². The molecule has 1 unspecified atom stereocenters. The average molecular weight is 267 g/mol. The van der Waals surface area contributed by atoms with Crippen LogP contribution < -0.4 is 0 Å². The van der Waals surface area contributed by atoms with E-state index in [4.69, 9.17) is 5.11 Å². The van der Waals surface area contributed by atoms with Crippen LogP contribution in [0.15, 0.2) is 6.33 Å². The van der Waals surface area contributed by atoms with Crippen molar-refractivity contribution in [3.05, 3.63) is 12.2 Å². The van der Waals surface area contributed by atoms with E-state index in [1.807, 2.05) is 0 Å². The molecule has 1 aliphatic rings. The van der Waals surface area contributed by atoms with E-state index in [0.717, 1.165) is 6.42 Å². The second-order valence-electron chi connectivity index (χ2n) is 4.69. The van der Waals surface area contributed by atoms with E-state index in [1.54, 1.807) is 11.9 Å². The van der Waals surface area contributed by atoms with E-state index in [-0.39, 0.29) is 12.6 Å². The van der Waals surface area contributed by atoms with Crippen LogP contribution in [0.1, 0.15) is 18.7 Å². The van der Waals surface area contributed by atoms with Crippen molar-refractivity contribution in [2.45, 2.75) is 19.4 Å². The number of aromatic nitrogens is 3. The van der Waals surface area contributed by atoms with Crippen molar-refractivity contribution in [2.75, 3.05) is 20.1 Å². The molecule has 1 aromatic heterocycles. The van der Waals surface area contributed by atoms with Gasteiger partial charge in [-0.25, -0.2) is 9.78 Å². The Kier molecular flexibility index (Phi) is 3.98. The number of carbonyl (C=O) groups is 2. The maximum atomic E-state index is 12.2. The number of H-pyrrole nitrogens is 1. The van der Waals surface area contributed by atoms with Crippen LogP contribution in [0.2, 0.25) is 0 Å². The Labute approximate surface area is 110 Å². The first kappa shape index (κ1) is 13.3. The average Bonchev–Trinajstić information content (AvgIpc) is 2.90. The van der Waals surface area contributed by atoms with E-state index in [0.29, 0.717) is 25.3 Å². The Bertz CT molecular complexity index is 447. The third-order valence-electron chi connectivity index (χ3n) is 3.22. The molecule has 2 N–H and O–H groups in total. The predicted molar refractivity (Wildman–Crippen MR) is 65.2 cm³/mol. The third kappa shape index (κ3) is 3.21. The number of likely N-dealkylation sites (tertiary alicyclic amines) is 1. The summed E-state index contributed by atoms with van der Waals surface area (Å²) in [7, 11) is 1.66. The van der Waals surface area contributed by atoms with Crippen LogP contribution in [0.4, 0.5) is 4.79 Å². The number of rotatable bonds is 3. The Balaban J connectivity index is 1.93. The van der Waals surface area contributed by atoms with E-state index < -0.39 is 11.9 Å². The zero-order valence-electron chi connectivity index (χ0n) is 10.7. The molecule has 0 bridgehead atoms. The van der Waals surface area contributed by atoms with Gasteiger partial charge in [0, 0.05) is 20.1 Å². The summed E-state index contributed by atoms with van der Waals surface area (Å²) in [4.78, 5) is 30.2. The Morgan fingerprint density at radius 3 is 3.05 bits per heavy atom. The number of nitrogens with zero attached hydrogens (tertiary/aromatic N) is 4. The highest BCUT2D eigenvalue weighted by Crippen LogP contribution is 2.18. The largest absolute Gasteiger partial charge is 0.481 e. The van der Waals surface area contributed by atoms with Gasteiger partial charge < -0.3 is 14.9 Å². The molecule has 1 fully saturated rings. The van der Waals surface area contributed by atoms with Crippen molar-refractivity contribution >= 4 is 12.0 Å². The molecule has 8 heteroatoms. The first-order valence-corrected chi connectivity index (χ1v) is 6.15. The number of aliphatic carboxylic acids is 1. The number of hydrogen-bond acceptors (Lipinski definition) is 4. The van der Waals surface area contributed by atoms with E-state index in [9.17, 15) is 9.59 Å². The molecule has 1 atom stereocenters. The van der Waals surface area contributed by atoms with E-state index in [1.165, 1.54) is 11.2 Å². The quantitative estimate of drug-likeness (QED) is 0.811. The zero-order valence-corrected chi connectivity index (χ0v) is 10.7. The first-order valence-electron chi connectivity index (χ1n) is 6.15. The molecule has 0 aromatic carbocycles. The standard InChI is InChI=1S/C11H17N5O3/c1-15(6-9-12-7-13-14-9)11(19)16-4-2-3-8(5-16)10(17)18/h7-8H,2-6H2,1H3,(H,17,18)(H,12,13,14). The van der Waals surface area contributed by atoms with Crippen molar-refractivity contribution in [1.29, 1.82) is 0 Å². The molecule has 8 nitrogen and oxygen atoms in total. The lowest BCUT2D eigenvalue weighted by atomic mass is 9.99. The fourth-order valence-corrected chi connectivity index (χ4v) is 2.19. The normalized spacial score (nSPS) is 19.2. The summed E-state index contributed by atoms with van der Waals surface area (Å²) in [5.41, 5.74) is 0. The summed E-state index contributed by atoms with van der Waals surface area (Å²) in [6.07, 6.45) is 2.73. The lowest BCUT2D eigenvalue weighted by molar-refractivity contribution is -0.143. The molecular formula is C11H17N5O3. The van der Waals surface area contributed by atoms with Gasteiger partial charge in [0.15, 0.2) is 0 Å². The third-order valence-corrected chi connectivity index (χ3v) is 3.22. The molecule has 19 heavy (non-hydrogen) atoms. The number of hydrogen-bond donors (Lipinski definition) is 2. The van der Waals surface area contributed by atoms with Gasteiger partial charge in [0.1, 0.15) is 12.2 Å². The minimum absolute atomic E-state index is 0.178. The van der Waals surface area contributed by atoms with Crippen LogP contribution in [-0.4, -0.2) is 62.2 Å². The predicted octanol–water partition coefficient (Wildman–Crippen LogP) is 0.153. The van der Waals surface area contributed by atoms with Gasteiger partial charge >= 0.3 is 12.0 Å². The smallest absolute Gasteiger partial charge is 0.320 e. The minimum Gasteiger partial charge on any atom is -0.481 e. The van der Waals surface area contributed by atoms with Crippen LogP contribution in [0, 0.1) is 5.92 Å². The minimum atomic E-state index is -0.838. The monoisotopic (exact) mass is 267 g/mol. The number of nitrogens with one attached hydrogen (secondary N) is 1. The van der Waals surface area contributed by atoms with Crippen LogP contribution in [-0.2, 0) is 11.3 Å². The summed E-state index contributed by atoms with van der Waals surface area (Å²) in [5, 5.41) is 15.4. The van der Waals surface area contributed by atoms with Crippen molar-refractivity contribution in [1.82, 2.24) is 25.0 Å². The highest BCUT2D eigenvalue weighted by molar-refractivity contribution is 5.76. The van der Waals surface area contributed by atoms with Gasteiger partial charge in [-0.3, -0.25) is 9.89 Å². The van der Waals surface area contributed by atoms with Gasteiger partial charge in [0.25, 0.3) is 0 Å². The Hall–Kier alpha value is -2.12. The summed E-state index contributed by atoms with van der Waals surface area (Å²) < 4.78 is 0. The number of carbonyl (C=O) groups excluding carboxylic acids is 1. The fraction of sp³-hybridized carbons (Fsp3) is 0.636. The van der Waals surface area contributed by atoms with Crippen molar-refractivity contribution in [3.63, 3.8) is 0 Å². The number of carboxylic acid groups (broad SMARTS) is 1. The highest BCUT2D eigenvalue weighted by Gasteiger charge is 2.29. The number of urea groups is 1. The van der Waals surface area contributed by atoms with Crippen molar-refractivity contribution < 1.29 is 14.7 Å². The molecule has 1 aromatic rings. The molecule has 2 amide bonds. The lowest BCUT2D eigenvalue weighted by Gasteiger charge is -2.33. The topological polar surface area (TPSA) is 102 Å². The number of amides is 2. The molecule has 0 saturated carbocycles. The van der Waals surface area contributed by atoms with Crippen LogP contribution in [0.25, 0.3) is 0 Å². The first-order chi connectivity index (χ1) is 9.08. The van der Waals surface area contributed by atoms with Crippen LogP contribution in [0.3, 0.4) is 0 Å². The molecule has 0 radical (unpaired) electrons. The van der Waals surface area contributed by atoms with Gasteiger partial charge in [-0.2, -0.15) is 5.10 Å². The van der Waals surface area contributed by atoms with Gasteiger partial charge in [-0.05, 0) is 12.8 Å². The van der Waals surface area contributed by atoms with Crippen molar-refractivity contribution in [2.24, 2.45) is 5.92 Å². The van der Waals surface area contributed by atoms with E-state index in [2.05, 4.69) is 15.2 Å². The summed E-state index contributed by atoms with van der Waals surface area (Å²) >= 11 is 0. The van der Waals surface area contributed by atoms with Crippen molar-refractivity contribution in [3.8, 4) is 0 Å². The number of aromatic amines is 1. The molecular weight excluding hydrogens is 250 g/mol. The maximum absolute atomic E-state index is 12.2. The Morgan fingerprint density at radius 2 is 2.42 bits per heavy atom. The van der Waals surface area contributed by atoms with Crippen LogP contribution >= 0.6 is 0 Å². The van der Waals surface area contributed by atoms with Gasteiger partial charge in [0.2, 0.25) is 0 Å². The molecule has 104 valence electrons.